The van der Waals surface area contributed by atoms with Gasteiger partial charge in [0.1, 0.15) is 10.8 Å². The lowest BCUT2D eigenvalue weighted by molar-refractivity contribution is -0.111. The van der Waals surface area contributed by atoms with Crippen LogP contribution in [0.25, 0.3) is 6.08 Å². The molecule has 0 bridgehead atoms. The van der Waals surface area contributed by atoms with Crippen LogP contribution in [-0.4, -0.2) is 23.2 Å². The number of anilines is 1. The first-order chi connectivity index (χ1) is 10.6. The second kappa shape index (κ2) is 8.05. The maximum atomic E-state index is 11.9. The molecule has 0 aliphatic heterocycles. The van der Waals surface area contributed by atoms with Crippen molar-refractivity contribution in [2.75, 3.05) is 12.4 Å². The number of halogens is 1. The lowest BCUT2D eigenvalue weighted by Gasteiger charge is -2.03. The minimum atomic E-state index is -0.230. The standard InChI is InChI=1S/C15H16BrN3O2S/c1-3-4-14-18-19-15(22-14)17-13(20)8-6-10-5-7-12(21-2)11(16)9-10/h5-9H,3-4H2,1-2H3,(H,17,19,20)/b8-6+. The zero-order chi connectivity index (χ0) is 15.9. The van der Waals surface area contributed by atoms with E-state index in [-0.39, 0.29) is 5.91 Å². The molecule has 1 heterocycles. The summed E-state index contributed by atoms with van der Waals surface area (Å²) in [6, 6.07) is 5.59. The summed E-state index contributed by atoms with van der Waals surface area (Å²) in [6.07, 6.45) is 5.08. The Bertz CT molecular complexity index is 685. The summed E-state index contributed by atoms with van der Waals surface area (Å²) in [5.74, 6) is 0.519. The molecule has 5 nitrogen and oxygen atoms in total. The Morgan fingerprint density at radius 2 is 2.27 bits per heavy atom. The Balaban J connectivity index is 1.97. The van der Waals surface area contributed by atoms with Crippen LogP contribution in [0.3, 0.4) is 0 Å². The fourth-order valence-electron chi connectivity index (χ4n) is 1.72. The maximum absolute atomic E-state index is 11.9. The number of aryl methyl sites for hydroxylation is 1. The van der Waals surface area contributed by atoms with Crippen LogP contribution in [0.5, 0.6) is 5.75 Å². The summed E-state index contributed by atoms with van der Waals surface area (Å²) in [6.45, 7) is 2.08. The number of amides is 1. The molecular formula is C15H16BrN3O2S. The largest absolute Gasteiger partial charge is 0.496 e. The normalized spacial score (nSPS) is 10.9. The van der Waals surface area contributed by atoms with Crippen molar-refractivity contribution in [1.82, 2.24) is 10.2 Å². The number of nitrogens with zero attached hydrogens (tertiary/aromatic N) is 2. The van der Waals surface area contributed by atoms with E-state index < -0.39 is 0 Å². The Morgan fingerprint density at radius 1 is 1.45 bits per heavy atom. The van der Waals surface area contributed by atoms with E-state index >= 15 is 0 Å². The van der Waals surface area contributed by atoms with E-state index in [9.17, 15) is 4.79 Å². The molecule has 1 aromatic carbocycles. The highest BCUT2D eigenvalue weighted by molar-refractivity contribution is 9.10. The number of carbonyl (C=O) groups is 1. The van der Waals surface area contributed by atoms with Crippen LogP contribution in [0.15, 0.2) is 28.7 Å². The van der Waals surface area contributed by atoms with Gasteiger partial charge in [0.15, 0.2) is 0 Å². The molecule has 1 aromatic heterocycles. The predicted molar refractivity (Wildman–Crippen MR) is 92.3 cm³/mol. The Labute approximate surface area is 141 Å². The van der Waals surface area contributed by atoms with Gasteiger partial charge in [0.05, 0.1) is 11.6 Å². The average molecular weight is 382 g/mol. The number of carbonyl (C=O) groups excluding carboxylic acids is 1. The zero-order valence-electron chi connectivity index (χ0n) is 12.3. The van der Waals surface area contributed by atoms with Gasteiger partial charge in [-0.05, 0) is 46.1 Å². The van der Waals surface area contributed by atoms with Crippen molar-refractivity contribution in [1.29, 1.82) is 0 Å². The first-order valence-corrected chi connectivity index (χ1v) is 8.38. The highest BCUT2D eigenvalue weighted by Crippen LogP contribution is 2.26. The monoisotopic (exact) mass is 381 g/mol. The quantitative estimate of drug-likeness (QED) is 0.770. The molecule has 0 saturated heterocycles. The smallest absolute Gasteiger partial charge is 0.250 e. The molecule has 0 aliphatic rings. The second-order valence-electron chi connectivity index (χ2n) is 4.47. The van der Waals surface area contributed by atoms with E-state index in [0.29, 0.717) is 5.13 Å². The zero-order valence-corrected chi connectivity index (χ0v) is 14.7. The Kier molecular flexibility index (Phi) is 6.09. The maximum Gasteiger partial charge on any atom is 0.250 e. The number of methoxy groups -OCH3 is 1. The van der Waals surface area contributed by atoms with Crippen molar-refractivity contribution in [2.45, 2.75) is 19.8 Å². The molecule has 0 atom stereocenters. The molecular weight excluding hydrogens is 366 g/mol. The molecule has 0 saturated carbocycles. The van der Waals surface area contributed by atoms with E-state index in [1.807, 2.05) is 18.2 Å². The molecule has 0 spiro atoms. The Morgan fingerprint density at radius 3 is 2.95 bits per heavy atom. The third-order valence-corrected chi connectivity index (χ3v) is 4.28. The van der Waals surface area contributed by atoms with Gasteiger partial charge in [-0.25, -0.2) is 0 Å². The molecule has 0 unspecified atom stereocenters. The molecule has 2 rings (SSSR count). The van der Waals surface area contributed by atoms with Crippen LogP contribution in [-0.2, 0) is 11.2 Å². The number of benzene rings is 1. The molecule has 116 valence electrons. The minimum absolute atomic E-state index is 0.230. The topological polar surface area (TPSA) is 64.1 Å². The number of nitrogens with one attached hydrogen (secondary N) is 1. The first kappa shape index (κ1) is 16.6. The average Bonchev–Trinajstić information content (AvgIpc) is 2.93. The predicted octanol–water partition coefficient (Wildman–Crippen LogP) is 3.91. The van der Waals surface area contributed by atoms with Crippen LogP contribution >= 0.6 is 27.3 Å². The molecule has 2 aromatic rings. The summed E-state index contributed by atoms with van der Waals surface area (Å²) in [7, 11) is 1.61. The van der Waals surface area contributed by atoms with Crippen LogP contribution < -0.4 is 10.1 Å². The van der Waals surface area contributed by atoms with Crippen molar-refractivity contribution >= 4 is 44.4 Å². The van der Waals surface area contributed by atoms with E-state index in [1.165, 1.54) is 17.4 Å². The SMILES string of the molecule is CCCc1nnc(NC(=O)/C=C/c2ccc(OC)c(Br)c2)s1. The molecule has 0 fully saturated rings. The Hall–Kier alpha value is -1.73. The van der Waals surface area contributed by atoms with Crippen molar-refractivity contribution < 1.29 is 9.53 Å². The van der Waals surface area contributed by atoms with Crippen molar-refractivity contribution in [2.24, 2.45) is 0 Å². The van der Waals surface area contributed by atoms with Gasteiger partial charge in [0.25, 0.3) is 0 Å². The number of hydrogen-bond acceptors (Lipinski definition) is 5. The molecule has 0 radical (unpaired) electrons. The molecule has 7 heteroatoms. The van der Waals surface area contributed by atoms with Gasteiger partial charge in [0, 0.05) is 12.5 Å². The molecule has 0 aliphatic carbocycles. The second-order valence-corrected chi connectivity index (χ2v) is 6.38. The lowest BCUT2D eigenvalue weighted by atomic mass is 10.2. The number of rotatable bonds is 6. The fourth-order valence-corrected chi connectivity index (χ4v) is 3.13. The van der Waals surface area contributed by atoms with Crippen LogP contribution in [0.2, 0.25) is 0 Å². The third-order valence-electron chi connectivity index (χ3n) is 2.76. The summed E-state index contributed by atoms with van der Waals surface area (Å²) in [5, 5.41) is 12.1. The van der Waals surface area contributed by atoms with Crippen molar-refractivity contribution in [3.63, 3.8) is 0 Å². The first-order valence-electron chi connectivity index (χ1n) is 6.77. The molecule has 1 amide bonds. The number of hydrogen-bond donors (Lipinski definition) is 1. The van der Waals surface area contributed by atoms with Crippen LogP contribution in [0, 0.1) is 0 Å². The van der Waals surface area contributed by atoms with Crippen LogP contribution in [0.4, 0.5) is 5.13 Å². The van der Waals surface area contributed by atoms with Crippen molar-refractivity contribution in [3.8, 4) is 5.75 Å². The summed E-state index contributed by atoms with van der Waals surface area (Å²) in [4.78, 5) is 11.9. The van der Waals surface area contributed by atoms with Gasteiger partial charge in [-0.15, -0.1) is 10.2 Å². The van der Waals surface area contributed by atoms with Gasteiger partial charge in [-0.1, -0.05) is 24.3 Å². The van der Waals surface area contributed by atoms with Gasteiger partial charge < -0.3 is 4.74 Å². The van der Waals surface area contributed by atoms with Gasteiger partial charge in [0.2, 0.25) is 11.0 Å². The number of ether oxygens (including phenoxy) is 1. The fraction of sp³-hybridized carbons (Fsp3) is 0.267. The lowest BCUT2D eigenvalue weighted by Crippen LogP contribution is -2.07. The van der Waals surface area contributed by atoms with Gasteiger partial charge in [-0.2, -0.15) is 0 Å². The van der Waals surface area contributed by atoms with Gasteiger partial charge in [-0.3, -0.25) is 10.1 Å². The van der Waals surface area contributed by atoms with E-state index in [4.69, 9.17) is 4.74 Å². The van der Waals surface area contributed by atoms with E-state index in [0.717, 1.165) is 33.6 Å². The van der Waals surface area contributed by atoms with Crippen LogP contribution in [0.1, 0.15) is 23.9 Å². The summed E-state index contributed by atoms with van der Waals surface area (Å²) >= 11 is 4.81. The molecule has 22 heavy (non-hydrogen) atoms. The summed E-state index contributed by atoms with van der Waals surface area (Å²) < 4.78 is 6.00. The van der Waals surface area contributed by atoms with Crippen molar-refractivity contribution in [3.05, 3.63) is 39.3 Å². The summed E-state index contributed by atoms with van der Waals surface area (Å²) in [5.41, 5.74) is 0.895. The minimum Gasteiger partial charge on any atom is -0.496 e. The molecule has 1 N–H and O–H groups in total. The number of aromatic nitrogens is 2. The van der Waals surface area contributed by atoms with E-state index in [1.54, 1.807) is 13.2 Å². The van der Waals surface area contributed by atoms with E-state index in [2.05, 4.69) is 38.4 Å². The third kappa shape index (κ3) is 4.64. The highest BCUT2D eigenvalue weighted by Gasteiger charge is 2.05. The van der Waals surface area contributed by atoms with Gasteiger partial charge >= 0.3 is 0 Å². The highest BCUT2D eigenvalue weighted by atomic mass is 79.9.